The van der Waals surface area contributed by atoms with E-state index in [4.69, 9.17) is 5.73 Å². The standard InChI is InChI=1S/C12H15BrF2N2/c1-7-6-17(3-2-11(7)16)12-5-9(14)8(13)4-10(12)15/h4-5,7,11H,2-3,6,16H2,1H3. The molecule has 2 rings (SSSR count). The number of piperidine rings is 1. The van der Waals surface area contributed by atoms with Gasteiger partial charge in [0.1, 0.15) is 11.6 Å². The summed E-state index contributed by atoms with van der Waals surface area (Å²) in [4.78, 5) is 1.86. The minimum atomic E-state index is -0.441. The molecule has 0 aliphatic carbocycles. The van der Waals surface area contributed by atoms with Crippen LogP contribution in [0.15, 0.2) is 16.6 Å². The molecule has 1 aromatic carbocycles. The normalized spacial score (nSPS) is 25.1. The largest absolute Gasteiger partial charge is 0.369 e. The van der Waals surface area contributed by atoms with Gasteiger partial charge in [0.15, 0.2) is 0 Å². The molecule has 1 saturated heterocycles. The maximum Gasteiger partial charge on any atom is 0.147 e. The second-order valence-electron chi connectivity index (χ2n) is 4.59. The molecule has 17 heavy (non-hydrogen) atoms. The highest BCUT2D eigenvalue weighted by molar-refractivity contribution is 9.10. The van der Waals surface area contributed by atoms with Crippen molar-refractivity contribution < 1.29 is 8.78 Å². The molecule has 0 amide bonds. The van der Waals surface area contributed by atoms with Crippen molar-refractivity contribution in [3.63, 3.8) is 0 Å². The number of nitrogens with two attached hydrogens (primary N) is 1. The molecule has 2 unspecified atom stereocenters. The zero-order valence-electron chi connectivity index (χ0n) is 9.59. The van der Waals surface area contributed by atoms with Crippen molar-refractivity contribution in [3.05, 3.63) is 28.2 Å². The van der Waals surface area contributed by atoms with Gasteiger partial charge in [-0.05, 0) is 34.3 Å². The SMILES string of the molecule is CC1CN(c2cc(F)c(Br)cc2F)CCC1N. The lowest BCUT2D eigenvalue weighted by atomic mass is 9.94. The Labute approximate surface area is 108 Å². The maximum atomic E-state index is 13.8. The van der Waals surface area contributed by atoms with Crippen molar-refractivity contribution in [2.75, 3.05) is 18.0 Å². The molecule has 2 atom stereocenters. The van der Waals surface area contributed by atoms with Crippen molar-refractivity contribution in [1.29, 1.82) is 0 Å². The first-order valence-electron chi connectivity index (χ1n) is 5.64. The number of rotatable bonds is 1. The highest BCUT2D eigenvalue weighted by atomic mass is 79.9. The molecule has 0 bridgehead atoms. The van der Waals surface area contributed by atoms with E-state index in [1.54, 1.807) is 0 Å². The van der Waals surface area contributed by atoms with Crippen LogP contribution in [0.4, 0.5) is 14.5 Å². The van der Waals surface area contributed by atoms with E-state index < -0.39 is 11.6 Å². The molecule has 1 heterocycles. The minimum absolute atomic E-state index is 0.148. The van der Waals surface area contributed by atoms with Gasteiger partial charge in [-0.2, -0.15) is 0 Å². The molecule has 0 radical (unpaired) electrons. The molecule has 1 fully saturated rings. The second kappa shape index (κ2) is 4.90. The fourth-order valence-corrected chi connectivity index (χ4v) is 2.45. The predicted octanol–water partition coefficient (Wildman–Crippen LogP) is 2.90. The van der Waals surface area contributed by atoms with E-state index in [1.165, 1.54) is 12.1 Å². The maximum absolute atomic E-state index is 13.8. The van der Waals surface area contributed by atoms with E-state index in [9.17, 15) is 8.78 Å². The van der Waals surface area contributed by atoms with Crippen LogP contribution in [-0.4, -0.2) is 19.1 Å². The Balaban J connectivity index is 2.26. The molecule has 0 aromatic heterocycles. The number of anilines is 1. The fraction of sp³-hybridized carbons (Fsp3) is 0.500. The zero-order valence-corrected chi connectivity index (χ0v) is 11.2. The molecular formula is C12H15BrF2N2. The van der Waals surface area contributed by atoms with Gasteiger partial charge < -0.3 is 10.6 Å². The molecule has 2 nitrogen and oxygen atoms in total. The fourth-order valence-electron chi connectivity index (χ4n) is 2.14. The number of nitrogens with zero attached hydrogens (tertiary/aromatic N) is 1. The monoisotopic (exact) mass is 304 g/mol. The van der Waals surface area contributed by atoms with Gasteiger partial charge in [0.25, 0.3) is 0 Å². The first-order chi connectivity index (χ1) is 7.99. The number of hydrogen-bond donors (Lipinski definition) is 1. The van der Waals surface area contributed by atoms with Crippen LogP contribution in [0.2, 0.25) is 0 Å². The quantitative estimate of drug-likeness (QED) is 0.808. The van der Waals surface area contributed by atoms with Gasteiger partial charge >= 0.3 is 0 Å². The first kappa shape index (κ1) is 12.8. The second-order valence-corrected chi connectivity index (χ2v) is 5.45. The Hall–Kier alpha value is -0.680. The molecule has 0 spiro atoms. The van der Waals surface area contributed by atoms with Gasteiger partial charge in [0.05, 0.1) is 10.2 Å². The molecule has 1 aliphatic heterocycles. The summed E-state index contributed by atoms with van der Waals surface area (Å²) in [6, 6.07) is 2.56. The van der Waals surface area contributed by atoms with Crippen LogP contribution in [0.1, 0.15) is 13.3 Å². The van der Waals surface area contributed by atoms with Crippen LogP contribution in [0, 0.1) is 17.6 Å². The van der Waals surface area contributed by atoms with Crippen LogP contribution < -0.4 is 10.6 Å². The van der Waals surface area contributed by atoms with Crippen LogP contribution in [0.25, 0.3) is 0 Å². The Morgan fingerprint density at radius 3 is 2.71 bits per heavy atom. The highest BCUT2D eigenvalue weighted by Crippen LogP contribution is 2.29. The first-order valence-corrected chi connectivity index (χ1v) is 6.43. The van der Waals surface area contributed by atoms with Gasteiger partial charge in [-0.1, -0.05) is 6.92 Å². The average Bonchev–Trinajstić information content (AvgIpc) is 2.27. The Morgan fingerprint density at radius 1 is 1.35 bits per heavy atom. The molecule has 0 saturated carbocycles. The summed E-state index contributed by atoms with van der Waals surface area (Å²) in [5.74, 6) is -0.556. The highest BCUT2D eigenvalue weighted by Gasteiger charge is 2.25. The van der Waals surface area contributed by atoms with E-state index in [2.05, 4.69) is 15.9 Å². The third-order valence-corrected chi connectivity index (χ3v) is 3.91. The molecule has 94 valence electrons. The van der Waals surface area contributed by atoms with Crippen LogP contribution in [0.3, 0.4) is 0 Å². The van der Waals surface area contributed by atoms with Crippen molar-refractivity contribution in [2.24, 2.45) is 11.7 Å². The summed E-state index contributed by atoms with van der Waals surface area (Å²) >= 11 is 2.97. The third-order valence-electron chi connectivity index (χ3n) is 3.30. The zero-order chi connectivity index (χ0) is 12.6. The van der Waals surface area contributed by atoms with E-state index >= 15 is 0 Å². The smallest absolute Gasteiger partial charge is 0.147 e. The van der Waals surface area contributed by atoms with E-state index in [1.807, 2.05) is 11.8 Å². The van der Waals surface area contributed by atoms with Gasteiger partial charge in [0, 0.05) is 25.2 Å². The van der Waals surface area contributed by atoms with E-state index in [-0.39, 0.29) is 16.4 Å². The Bertz CT molecular complexity index is 425. The lowest BCUT2D eigenvalue weighted by molar-refractivity contribution is 0.380. The molecule has 5 heteroatoms. The van der Waals surface area contributed by atoms with E-state index in [0.29, 0.717) is 18.8 Å². The van der Waals surface area contributed by atoms with Gasteiger partial charge in [0.2, 0.25) is 0 Å². The van der Waals surface area contributed by atoms with Crippen molar-refractivity contribution in [1.82, 2.24) is 0 Å². The summed E-state index contributed by atoms with van der Waals surface area (Å²) in [6.07, 6.45) is 0.804. The predicted molar refractivity (Wildman–Crippen MR) is 68.0 cm³/mol. The lowest BCUT2D eigenvalue weighted by Crippen LogP contribution is -2.46. The lowest BCUT2D eigenvalue weighted by Gasteiger charge is -2.36. The third kappa shape index (κ3) is 2.60. The van der Waals surface area contributed by atoms with Crippen molar-refractivity contribution in [2.45, 2.75) is 19.4 Å². The van der Waals surface area contributed by atoms with Crippen LogP contribution in [-0.2, 0) is 0 Å². The Kier molecular flexibility index (Phi) is 3.68. The van der Waals surface area contributed by atoms with Gasteiger partial charge in [-0.15, -0.1) is 0 Å². The molecule has 1 aromatic rings. The topological polar surface area (TPSA) is 29.3 Å². The van der Waals surface area contributed by atoms with Crippen molar-refractivity contribution >= 4 is 21.6 Å². The summed E-state index contributed by atoms with van der Waals surface area (Å²) in [7, 11) is 0. The summed E-state index contributed by atoms with van der Waals surface area (Å²) in [6.45, 7) is 3.37. The van der Waals surface area contributed by atoms with Gasteiger partial charge in [-0.3, -0.25) is 0 Å². The molecule has 1 aliphatic rings. The summed E-state index contributed by atoms with van der Waals surface area (Å²) < 4.78 is 27.3. The average molecular weight is 305 g/mol. The molecular weight excluding hydrogens is 290 g/mol. The Morgan fingerprint density at radius 2 is 2.06 bits per heavy atom. The van der Waals surface area contributed by atoms with Crippen molar-refractivity contribution in [3.8, 4) is 0 Å². The van der Waals surface area contributed by atoms with Crippen LogP contribution >= 0.6 is 15.9 Å². The summed E-state index contributed by atoms with van der Waals surface area (Å²) in [5, 5.41) is 0. The molecule has 2 N–H and O–H groups in total. The summed E-state index contributed by atoms with van der Waals surface area (Å²) in [5.41, 5.74) is 6.23. The van der Waals surface area contributed by atoms with E-state index in [0.717, 1.165) is 6.42 Å². The van der Waals surface area contributed by atoms with Crippen LogP contribution in [0.5, 0.6) is 0 Å². The number of halogens is 3. The number of benzene rings is 1. The van der Waals surface area contributed by atoms with Gasteiger partial charge in [-0.25, -0.2) is 8.78 Å². The minimum Gasteiger partial charge on any atom is -0.369 e. The number of hydrogen-bond acceptors (Lipinski definition) is 2.